The molecule has 2 aromatic rings. The second kappa shape index (κ2) is 3.19. The number of hydrogen-bond donors (Lipinski definition) is 3. The Kier molecular flexibility index (Phi) is 2.02. The number of nitrogens with zero attached hydrogens (tertiary/aromatic N) is 1. The van der Waals surface area contributed by atoms with Gasteiger partial charge in [0.15, 0.2) is 0 Å². The molecule has 4 heteroatoms. The molecule has 1 saturated carbocycles. The molecule has 3 rings (SSSR count). The van der Waals surface area contributed by atoms with Gasteiger partial charge < -0.3 is 16.0 Å². The summed E-state index contributed by atoms with van der Waals surface area (Å²) in [7, 11) is 0. The molecule has 0 amide bonds. The molecular formula is C14H20N4. The fourth-order valence-corrected chi connectivity index (χ4v) is 2.79. The van der Waals surface area contributed by atoms with Crippen molar-refractivity contribution in [1.29, 1.82) is 0 Å². The molecule has 0 bridgehead atoms. The van der Waals surface area contributed by atoms with Crippen molar-refractivity contribution in [3.63, 3.8) is 0 Å². The van der Waals surface area contributed by atoms with E-state index in [0.29, 0.717) is 16.9 Å². The van der Waals surface area contributed by atoms with Crippen molar-refractivity contribution in [1.82, 2.24) is 9.97 Å². The third-order valence-electron chi connectivity index (χ3n) is 4.81. The Morgan fingerprint density at radius 3 is 2.50 bits per heavy atom. The first-order chi connectivity index (χ1) is 8.32. The zero-order valence-electron chi connectivity index (χ0n) is 11.3. The highest BCUT2D eigenvalue weighted by atomic mass is 15.2. The van der Waals surface area contributed by atoms with Crippen LogP contribution in [0, 0.1) is 10.8 Å². The van der Waals surface area contributed by atoms with Crippen LogP contribution >= 0.6 is 0 Å². The number of nitrogen functional groups attached to an aromatic ring is 1. The van der Waals surface area contributed by atoms with Crippen LogP contribution in [0.3, 0.4) is 0 Å². The average molecular weight is 244 g/mol. The van der Waals surface area contributed by atoms with Gasteiger partial charge in [0.2, 0.25) is 5.95 Å². The largest absolute Gasteiger partial charge is 0.399 e. The lowest BCUT2D eigenvalue weighted by molar-refractivity contribution is 0.457. The Morgan fingerprint density at radius 1 is 1.22 bits per heavy atom. The van der Waals surface area contributed by atoms with Crippen LogP contribution in [0.25, 0.3) is 11.0 Å². The summed E-state index contributed by atoms with van der Waals surface area (Å²) in [5, 5.41) is 3.50. The van der Waals surface area contributed by atoms with Crippen LogP contribution in [0.5, 0.6) is 0 Å². The number of anilines is 2. The molecule has 0 radical (unpaired) electrons. The van der Waals surface area contributed by atoms with E-state index in [1.807, 2.05) is 18.2 Å². The van der Waals surface area contributed by atoms with Gasteiger partial charge in [-0.2, -0.15) is 0 Å². The van der Waals surface area contributed by atoms with E-state index in [2.05, 4.69) is 43.0 Å². The van der Waals surface area contributed by atoms with Crippen molar-refractivity contribution in [3.05, 3.63) is 18.2 Å². The van der Waals surface area contributed by atoms with Crippen molar-refractivity contribution in [2.24, 2.45) is 10.8 Å². The Balaban J connectivity index is 1.89. The maximum absolute atomic E-state index is 5.76. The second-order valence-corrected chi connectivity index (χ2v) is 6.38. The molecule has 0 saturated heterocycles. The topological polar surface area (TPSA) is 66.7 Å². The van der Waals surface area contributed by atoms with E-state index in [1.165, 1.54) is 0 Å². The highest BCUT2D eigenvalue weighted by Crippen LogP contribution is 2.63. The van der Waals surface area contributed by atoms with E-state index in [9.17, 15) is 0 Å². The maximum Gasteiger partial charge on any atom is 0.201 e. The summed E-state index contributed by atoms with van der Waals surface area (Å²) in [4.78, 5) is 7.82. The number of rotatable bonds is 2. The van der Waals surface area contributed by atoms with Crippen LogP contribution in [0.4, 0.5) is 11.6 Å². The lowest BCUT2D eigenvalue weighted by Gasteiger charge is -2.03. The molecule has 18 heavy (non-hydrogen) atoms. The van der Waals surface area contributed by atoms with Gasteiger partial charge in [-0.05, 0) is 29.0 Å². The third-order valence-corrected chi connectivity index (χ3v) is 4.81. The lowest BCUT2D eigenvalue weighted by Crippen LogP contribution is -2.10. The zero-order valence-corrected chi connectivity index (χ0v) is 11.3. The molecule has 4 nitrogen and oxygen atoms in total. The summed E-state index contributed by atoms with van der Waals surface area (Å²) in [5.41, 5.74) is 9.04. The maximum atomic E-state index is 5.76. The Hall–Kier alpha value is -1.71. The number of fused-ring (bicyclic) bond motifs is 1. The molecule has 1 fully saturated rings. The smallest absolute Gasteiger partial charge is 0.201 e. The predicted molar refractivity (Wildman–Crippen MR) is 75.5 cm³/mol. The SMILES string of the molecule is CC1(C)C(Nc2nc3ccc(N)cc3[nH]2)C1(C)C. The van der Waals surface area contributed by atoms with E-state index in [4.69, 9.17) is 5.73 Å². The predicted octanol–water partition coefficient (Wildman–Crippen LogP) is 2.99. The summed E-state index contributed by atoms with van der Waals surface area (Å²) < 4.78 is 0. The monoisotopic (exact) mass is 244 g/mol. The first kappa shape index (κ1) is 11.4. The van der Waals surface area contributed by atoms with Gasteiger partial charge in [0.25, 0.3) is 0 Å². The molecule has 0 unspecified atom stereocenters. The zero-order chi connectivity index (χ0) is 13.1. The number of hydrogen-bond acceptors (Lipinski definition) is 3. The number of H-pyrrole nitrogens is 1. The molecule has 0 aliphatic heterocycles. The second-order valence-electron chi connectivity index (χ2n) is 6.38. The van der Waals surface area contributed by atoms with Gasteiger partial charge in [-0.3, -0.25) is 0 Å². The van der Waals surface area contributed by atoms with Gasteiger partial charge in [-0.25, -0.2) is 4.98 Å². The molecule has 96 valence electrons. The van der Waals surface area contributed by atoms with Crippen molar-refractivity contribution < 1.29 is 0 Å². The minimum absolute atomic E-state index is 0.297. The standard InChI is InChI=1S/C14H20N4/c1-13(2)11(14(13,3)4)18-12-16-9-6-5-8(15)7-10(9)17-12/h5-7,11H,15H2,1-4H3,(H2,16,17,18). The number of benzene rings is 1. The van der Waals surface area contributed by atoms with Crippen molar-refractivity contribution in [2.75, 3.05) is 11.1 Å². The quantitative estimate of drug-likeness (QED) is 0.711. The first-order valence-corrected chi connectivity index (χ1v) is 6.34. The van der Waals surface area contributed by atoms with Crippen molar-refractivity contribution >= 4 is 22.7 Å². The van der Waals surface area contributed by atoms with E-state index in [1.54, 1.807) is 0 Å². The fraction of sp³-hybridized carbons (Fsp3) is 0.500. The Morgan fingerprint density at radius 2 is 1.89 bits per heavy atom. The van der Waals surface area contributed by atoms with Gasteiger partial charge in [0.05, 0.1) is 11.0 Å². The average Bonchev–Trinajstić information content (AvgIpc) is 2.64. The van der Waals surface area contributed by atoms with E-state index < -0.39 is 0 Å². The van der Waals surface area contributed by atoms with Gasteiger partial charge in [0.1, 0.15) is 0 Å². The number of aromatic nitrogens is 2. The number of nitrogens with two attached hydrogens (primary N) is 1. The molecule has 1 heterocycles. The fourth-order valence-electron chi connectivity index (χ4n) is 2.79. The van der Waals surface area contributed by atoms with Crippen LogP contribution in [-0.4, -0.2) is 16.0 Å². The van der Waals surface area contributed by atoms with Crippen molar-refractivity contribution in [3.8, 4) is 0 Å². The highest BCUT2D eigenvalue weighted by molar-refractivity contribution is 5.80. The summed E-state index contributed by atoms with van der Waals surface area (Å²) in [5.74, 6) is 0.833. The lowest BCUT2D eigenvalue weighted by atomic mass is 10.0. The van der Waals surface area contributed by atoms with E-state index >= 15 is 0 Å². The van der Waals surface area contributed by atoms with Crippen LogP contribution in [0.15, 0.2) is 18.2 Å². The molecule has 4 N–H and O–H groups in total. The van der Waals surface area contributed by atoms with Gasteiger partial charge in [-0.15, -0.1) is 0 Å². The summed E-state index contributed by atoms with van der Waals surface area (Å²) in [6.45, 7) is 9.13. The molecular weight excluding hydrogens is 224 g/mol. The molecule has 1 aromatic carbocycles. The first-order valence-electron chi connectivity index (χ1n) is 6.34. The minimum atomic E-state index is 0.297. The molecule has 1 aromatic heterocycles. The third kappa shape index (κ3) is 1.41. The number of imidazole rings is 1. The van der Waals surface area contributed by atoms with Gasteiger partial charge >= 0.3 is 0 Å². The molecule has 1 aliphatic carbocycles. The Labute approximate surface area is 107 Å². The summed E-state index contributed by atoms with van der Waals surface area (Å²) in [6, 6.07) is 6.17. The van der Waals surface area contributed by atoms with Crippen LogP contribution < -0.4 is 11.1 Å². The van der Waals surface area contributed by atoms with E-state index in [-0.39, 0.29) is 0 Å². The van der Waals surface area contributed by atoms with Crippen LogP contribution in [-0.2, 0) is 0 Å². The molecule has 1 aliphatic rings. The summed E-state index contributed by atoms with van der Waals surface area (Å²) >= 11 is 0. The van der Waals surface area contributed by atoms with Gasteiger partial charge in [0, 0.05) is 11.7 Å². The number of aromatic amines is 1. The minimum Gasteiger partial charge on any atom is -0.399 e. The van der Waals surface area contributed by atoms with Gasteiger partial charge in [-0.1, -0.05) is 27.7 Å². The van der Waals surface area contributed by atoms with Crippen LogP contribution in [0.1, 0.15) is 27.7 Å². The highest BCUT2D eigenvalue weighted by Gasteiger charge is 2.65. The normalized spacial score (nSPS) is 21.1. The Bertz CT molecular complexity index is 595. The summed E-state index contributed by atoms with van der Waals surface area (Å²) in [6.07, 6.45) is 0. The van der Waals surface area contributed by atoms with Crippen molar-refractivity contribution in [2.45, 2.75) is 33.7 Å². The van der Waals surface area contributed by atoms with Crippen LogP contribution in [0.2, 0.25) is 0 Å². The van der Waals surface area contributed by atoms with E-state index in [0.717, 1.165) is 22.7 Å². The molecule has 0 spiro atoms. The molecule has 0 atom stereocenters. The number of nitrogens with one attached hydrogen (secondary N) is 2.